The third-order valence-electron chi connectivity index (χ3n) is 2.75. The minimum atomic E-state index is -0.440. The number of hydrogen-bond donors (Lipinski definition) is 0. The van der Waals surface area contributed by atoms with E-state index in [1.807, 2.05) is 13.1 Å². The third kappa shape index (κ3) is 4.54. The van der Waals surface area contributed by atoms with Gasteiger partial charge in [-0.1, -0.05) is 25.8 Å². The standard InChI is InChI=1S/C14H19FN2/c1-3-4-5-8-17(2)11-12-6-7-14(15)13(9-12)10-16/h6-7,9H,3-5,8,11H2,1-2H3. The van der Waals surface area contributed by atoms with Crippen LogP contribution in [0.1, 0.15) is 37.3 Å². The summed E-state index contributed by atoms with van der Waals surface area (Å²) in [5.74, 6) is -0.440. The molecule has 0 saturated heterocycles. The minimum Gasteiger partial charge on any atom is -0.302 e. The zero-order chi connectivity index (χ0) is 12.7. The van der Waals surface area contributed by atoms with Crippen LogP contribution in [0.25, 0.3) is 0 Å². The van der Waals surface area contributed by atoms with Gasteiger partial charge in [-0.15, -0.1) is 0 Å². The number of nitriles is 1. The summed E-state index contributed by atoms with van der Waals surface area (Å²) in [5, 5.41) is 8.75. The molecular weight excluding hydrogens is 215 g/mol. The summed E-state index contributed by atoms with van der Waals surface area (Å²) in [4.78, 5) is 2.20. The molecule has 0 radical (unpaired) electrons. The lowest BCUT2D eigenvalue weighted by atomic mass is 10.1. The van der Waals surface area contributed by atoms with Gasteiger partial charge in [-0.3, -0.25) is 0 Å². The van der Waals surface area contributed by atoms with Crippen LogP contribution in [0.4, 0.5) is 4.39 Å². The highest BCUT2D eigenvalue weighted by Crippen LogP contribution is 2.11. The van der Waals surface area contributed by atoms with Crippen molar-refractivity contribution in [2.24, 2.45) is 0 Å². The highest BCUT2D eigenvalue weighted by molar-refractivity contribution is 5.34. The van der Waals surface area contributed by atoms with E-state index in [1.165, 1.54) is 25.3 Å². The van der Waals surface area contributed by atoms with Crippen LogP contribution in [0, 0.1) is 17.1 Å². The maximum atomic E-state index is 13.1. The Hall–Kier alpha value is -1.40. The Morgan fingerprint density at radius 2 is 2.12 bits per heavy atom. The van der Waals surface area contributed by atoms with Gasteiger partial charge in [0.15, 0.2) is 0 Å². The molecule has 0 fully saturated rings. The number of rotatable bonds is 6. The zero-order valence-electron chi connectivity index (χ0n) is 10.5. The lowest BCUT2D eigenvalue weighted by Crippen LogP contribution is -2.19. The average molecular weight is 234 g/mol. The molecule has 0 heterocycles. The molecule has 1 aromatic rings. The van der Waals surface area contributed by atoms with E-state index in [0.29, 0.717) is 0 Å². The summed E-state index contributed by atoms with van der Waals surface area (Å²) in [7, 11) is 2.05. The lowest BCUT2D eigenvalue weighted by molar-refractivity contribution is 0.318. The molecule has 0 aliphatic carbocycles. The van der Waals surface area contributed by atoms with E-state index >= 15 is 0 Å². The Morgan fingerprint density at radius 3 is 2.76 bits per heavy atom. The molecule has 0 unspecified atom stereocenters. The van der Waals surface area contributed by atoms with Crippen molar-refractivity contribution in [1.29, 1.82) is 5.26 Å². The van der Waals surface area contributed by atoms with E-state index in [-0.39, 0.29) is 5.56 Å². The molecule has 0 spiro atoms. The van der Waals surface area contributed by atoms with E-state index < -0.39 is 5.82 Å². The predicted molar refractivity (Wildman–Crippen MR) is 67.0 cm³/mol. The van der Waals surface area contributed by atoms with Gasteiger partial charge in [0.2, 0.25) is 0 Å². The third-order valence-corrected chi connectivity index (χ3v) is 2.75. The first-order chi connectivity index (χ1) is 8.17. The molecule has 1 aromatic carbocycles. The molecule has 0 aliphatic rings. The van der Waals surface area contributed by atoms with E-state index in [0.717, 1.165) is 18.7 Å². The Morgan fingerprint density at radius 1 is 1.35 bits per heavy atom. The summed E-state index contributed by atoms with van der Waals surface area (Å²) in [6, 6.07) is 6.61. The molecule has 92 valence electrons. The number of benzene rings is 1. The first-order valence-corrected chi connectivity index (χ1v) is 6.04. The quantitative estimate of drug-likeness (QED) is 0.706. The molecule has 0 aromatic heterocycles. The minimum absolute atomic E-state index is 0.129. The first-order valence-electron chi connectivity index (χ1n) is 6.04. The maximum Gasteiger partial charge on any atom is 0.140 e. The molecule has 0 amide bonds. The fourth-order valence-corrected chi connectivity index (χ4v) is 1.78. The van der Waals surface area contributed by atoms with Gasteiger partial charge in [0.25, 0.3) is 0 Å². The highest BCUT2D eigenvalue weighted by Gasteiger charge is 2.05. The normalized spacial score (nSPS) is 10.5. The number of halogens is 1. The summed E-state index contributed by atoms with van der Waals surface area (Å²) in [5.41, 5.74) is 1.12. The number of unbranched alkanes of at least 4 members (excludes halogenated alkanes) is 2. The SMILES string of the molecule is CCCCCN(C)Cc1ccc(F)c(C#N)c1. The summed E-state index contributed by atoms with van der Waals surface area (Å²) in [6.07, 6.45) is 3.62. The average Bonchev–Trinajstić information content (AvgIpc) is 2.32. The molecular formula is C14H19FN2. The van der Waals surface area contributed by atoms with Crippen LogP contribution in [0.3, 0.4) is 0 Å². The second kappa shape index (κ2) is 7.03. The van der Waals surface area contributed by atoms with Gasteiger partial charge in [0.05, 0.1) is 5.56 Å². The summed E-state index contributed by atoms with van der Waals surface area (Å²) < 4.78 is 13.1. The van der Waals surface area contributed by atoms with Gasteiger partial charge in [-0.2, -0.15) is 5.26 Å². The first kappa shape index (κ1) is 13.7. The largest absolute Gasteiger partial charge is 0.302 e. The Balaban J connectivity index is 2.54. The summed E-state index contributed by atoms with van der Waals surface area (Å²) in [6.45, 7) is 3.98. The van der Waals surface area contributed by atoms with E-state index in [9.17, 15) is 4.39 Å². The fourth-order valence-electron chi connectivity index (χ4n) is 1.78. The second-order valence-electron chi connectivity index (χ2n) is 4.37. The van der Waals surface area contributed by atoms with Crippen LogP contribution in [0.15, 0.2) is 18.2 Å². The molecule has 2 nitrogen and oxygen atoms in total. The Kier molecular flexibility index (Phi) is 5.65. The Bertz CT molecular complexity index is 396. The molecule has 17 heavy (non-hydrogen) atoms. The van der Waals surface area contributed by atoms with Crippen molar-refractivity contribution in [1.82, 2.24) is 4.90 Å². The molecule has 0 bridgehead atoms. The van der Waals surface area contributed by atoms with Gasteiger partial charge in [-0.25, -0.2) is 4.39 Å². The van der Waals surface area contributed by atoms with Crippen LogP contribution in [0.5, 0.6) is 0 Å². The monoisotopic (exact) mass is 234 g/mol. The molecule has 0 N–H and O–H groups in total. The van der Waals surface area contributed by atoms with Crippen molar-refractivity contribution in [2.45, 2.75) is 32.7 Å². The van der Waals surface area contributed by atoms with Crippen LogP contribution < -0.4 is 0 Å². The van der Waals surface area contributed by atoms with Crippen molar-refractivity contribution in [2.75, 3.05) is 13.6 Å². The topological polar surface area (TPSA) is 27.0 Å². The molecule has 1 rings (SSSR count). The van der Waals surface area contributed by atoms with E-state index in [4.69, 9.17) is 5.26 Å². The van der Waals surface area contributed by atoms with Gasteiger partial charge in [0, 0.05) is 6.54 Å². The Labute approximate surface area is 103 Å². The van der Waals surface area contributed by atoms with Gasteiger partial charge in [-0.05, 0) is 37.7 Å². The van der Waals surface area contributed by atoms with Crippen LogP contribution in [-0.2, 0) is 6.54 Å². The second-order valence-corrected chi connectivity index (χ2v) is 4.37. The van der Waals surface area contributed by atoms with Crippen LogP contribution in [-0.4, -0.2) is 18.5 Å². The van der Waals surface area contributed by atoms with Crippen LogP contribution in [0.2, 0.25) is 0 Å². The lowest BCUT2D eigenvalue weighted by Gasteiger charge is -2.16. The van der Waals surface area contributed by atoms with Crippen molar-refractivity contribution >= 4 is 0 Å². The number of nitrogens with zero attached hydrogens (tertiary/aromatic N) is 2. The zero-order valence-corrected chi connectivity index (χ0v) is 10.5. The van der Waals surface area contributed by atoms with Crippen LogP contribution >= 0.6 is 0 Å². The van der Waals surface area contributed by atoms with Crippen molar-refractivity contribution in [3.8, 4) is 6.07 Å². The maximum absolute atomic E-state index is 13.1. The van der Waals surface area contributed by atoms with Gasteiger partial charge < -0.3 is 4.90 Å². The van der Waals surface area contributed by atoms with E-state index in [1.54, 1.807) is 12.1 Å². The van der Waals surface area contributed by atoms with Crippen molar-refractivity contribution < 1.29 is 4.39 Å². The molecule has 0 saturated carbocycles. The number of hydrogen-bond acceptors (Lipinski definition) is 2. The van der Waals surface area contributed by atoms with Crippen molar-refractivity contribution in [3.63, 3.8) is 0 Å². The summed E-state index contributed by atoms with van der Waals surface area (Å²) >= 11 is 0. The van der Waals surface area contributed by atoms with Crippen molar-refractivity contribution in [3.05, 3.63) is 35.1 Å². The predicted octanol–water partition coefficient (Wildman–Crippen LogP) is 3.32. The molecule has 3 heteroatoms. The van der Waals surface area contributed by atoms with E-state index in [2.05, 4.69) is 11.8 Å². The van der Waals surface area contributed by atoms with Gasteiger partial charge in [0.1, 0.15) is 11.9 Å². The smallest absolute Gasteiger partial charge is 0.140 e. The highest BCUT2D eigenvalue weighted by atomic mass is 19.1. The molecule has 0 aliphatic heterocycles. The fraction of sp³-hybridized carbons (Fsp3) is 0.500. The van der Waals surface area contributed by atoms with Gasteiger partial charge >= 0.3 is 0 Å². The molecule has 0 atom stereocenters.